The first-order chi connectivity index (χ1) is 8.44. The Hall–Kier alpha value is -1.37. The van der Waals surface area contributed by atoms with E-state index in [4.69, 9.17) is 0 Å². The van der Waals surface area contributed by atoms with Crippen LogP contribution in [0.5, 0.6) is 0 Å². The van der Waals surface area contributed by atoms with E-state index in [0.717, 1.165) is 5.56 Å². The van der Waals surface area contributed by atoms with Gasteiger partial charge in [-0.3, -0.25) is 9.89 Å². The highest BCUT2D eigenvalue weighted by Gasteiger charge is 2.34. The van der Waals surface area contributed by atoms with E-state index >= 15 is 0 Å². The van der Waals surface area contributed by atoms with Gasteiger partial charge in [0.2, 0.25) is 0 Å². The van der Waals surface area contributed by atoms with Crippen LogP contribution in [-0.2, 0) is 9.84 Å². The number of nitrogens with one attached hydrogen (secondary N) is 1. The molecule has 1 aliphatic heterocycles. The maximum Gasteiger partial charge on any atom is 0.272 e. The number of carbonyl (C=O) groups is 1. The molecular weight excluding hydrogens is 254 g/mol. The predicted octanol–water partition coefficient (Wildman–Crippen LogP) is 0.367. The smallest absolute Gasteiger partial charge is 0.272 e. The van der Waals surface area contributed by atoms with Crippen LogP contribution in [0.3, 0.4) is 0 Å². The van der Waals surface area contributed by atoms with E-state index in [9.17, 15) is 13.2 Å². The van der Waals surface area contributed by atoms with Gasteiger partial charge in [-0.25, -0.2) is 8.42 Å². The summed E-state index contributed by atoms with van der Waals surface area (Å²) in [7, 11) is -2.98. The lowest BCUT2D eigenvalue weighted by Crippen LogP contribution is -2.41. The minimum absolute atomic E-state index is 0.0692. The molecule has 1 N–H and O–H groups in total. The maximum absolute atomic E-state index is 12.3. The number of hydrogen-bond acceptors (Lipinski definition) is 4. The van der Waals surface area contributed by atoms with Crippen molar-refractivity contribution in [3.05, 3.63) is 17.5 Å². The van der Waals surface area contributed by atoms with Crippen LogP contribution in [0, 0.1) is 6.92 Å². The second kappa shape index (κ2) is 4.72. The fraction of sp³-hybridized carbons (Fsp3) is 0.636. The lowest BCUT2D eigenvalue weighted by Gasteiger charge is -2.26. The molecular formula is C11H17N3O3S. The van der Waals surface area contributed by atoms with Gasteiger partial charge >= 0.3 is 0 Å². The Morgan fingerprint density at radius 3 is 2.78 bits per heavy atom. The molecule has 1 aromatic rings. The molecule has 7 heteroatoms. The third-order valence-corrected chi connectivity index (χ3v) is 5.04. The fourth-order valence-corrected chi connectivity index (χ4v) is 4.03. The highest BCUT2D eigenvalue weighted by atomic mass is 32.2. The summed E-state index contributed by atoms with van der Waals surface area (Å²) in [4.78, 5) is 13.9. The zero-order chi connectivity index (χ0) is 13.3. The van der Waals surface area contributed by atoms with Crippen molar-refractivity contribution in [2.24, 2.45) is 0 Å². The molecule has 0 aromatic carbocycles. The molecule has 1 saturated heterocycles. The van der Waals surface area contributed by atoms with Crippen LogP contribution in [-0.4, -0.2) is 53.5 Å². The molecule has 0 radical (unpaired) electrons. The summed E-state index contributed by atoms with van der Waals surface area (Å²) in [5.74, 6) is 0.0676. The van der Waals surface area contributed by atoms with Crippen molar-refractivity contribution in [3.8, 4) is 0 Å². The van der Waals surface area contributed by atoms with Crippen molar-refractivity contribution >= 4 is 15.7 Å². The van der Waals surface area contributed by atoms with Gasteiger partial charge in [-0.2, -0.15) is 5.10 Å². The Labute approximate surface area is 106 Å². The molecule has 0 spiro atoms. The molecule has 0 aliphatic carbocycles. The highest BCUT2D eigenvalue weighted by molar-refractivity contribution is 7.91. The zero-order valence-electron chi connectivity index (χ0n) is 10.5. The van der Waals surface area contributed by atoms with Crippen molar-refractivity contribution in [1.29, 1.82) is 0 Å². The standard InChI is InChI=1S/C11H17N3O3S/c1-3-14(9-4-5-18(16,17)7-9)11(15)10-8(2)6-12-13-10/h6,9H,3-5,7H2,1-2H3,(H,12,13). The summed E-state index contributed by atoms with van der Waals surface area (Å²) in [5.41, 5.74) is 1.22. The lowest BCUT2D eigenvalue weighted by atomic mass is 10.2. The Kier molecular flexibility index (Phi) is 3.43. The SMILES string of the molecule is CCN(C(=O)c1[nH]ncc1C)C1CCS(=O)(=O)C1. The van der Waals surface area contributed by atoms with Crippen molar-refractivity contribution in [3.63, 3.8) is 0 Å². The average molecular weight is 271 g/mol. The maximum atomic E-state index is 12.3. The normalized spacial score (nSPS) is 22.0. The number of aromatic amines is 1. The number of nitrogens with zero attached hydrogens (tertiary/aromatic N) is 2. The molecule has 2 rings (SSSR count). The van der Waals surface area contributed by atoms with Crippen molar-refractivity contribution in [2.75, 3.05) is 18.1 Å². The van der Waals surface area contributed by atoms with E-state index in [1.807, 2.05) is 6.92 Å². The second-order valence-corrected chi connectivity index (χ2v) is 6.80. The number of carbonyl (C=O) groups excluding carboxylic acids is 1. The quantitative estimate of drug-likeness (QED) is 0.860. The minimum atomic E-state index is -2.98. The van der Waals surface area contributed by atoms with Crippen LogP contribution in [0.2, 0.25) is 0 Å². The topological polar surface area (TPSA) is 83.1 Å². The first-order valence-electron chi connectivity index (χ1n) is 5.96. The third-order valence-electron chi connectivity index (χ3n) is 3.29. The van der Waals surface area contributed by atoms with Gasteiger partial charge in [0.05, 0.1) is 17.7 Å². The third kappa shape index (κ3) is 2.40. The molecule has 6 nitrogen and oxygen atoms in total. The highest BCUT2D eigenvalue weighted by Crippen LogP contribution is 2.20. The van der Waals surface area contributed by atoms with Crippen LogP contribution < -0.4 is 0 Å². The molecule has 1 atom stereocenters. The minimum Gasteiger partial charge on any atom is -0.334 e. The van der Waals surface area contributed by atoms with Crippen LogP contribution in [0.4, 0.5) is 0 Å². The van der Waals surface area contributed by atoms with E-state index in [0.29, 0.717) is 18.7 Å². The average Bonchev–Trinajstić information content (AvgIpc) is 2.86. The van der Waals surface area contributed by atoms with E-state index in [2.05, 4.69) is 10.2 Å². The Bertz CT molecular complexity index is 550. The number of hydrogen-bond donors (Lipinski definition) is 1. The first kappa shape index (κ1) is 13.1. The molecule has 0 saturated carbocycles. The molecule has 1 unspecified atom stereocenters. The summed E-state index contributed by atoms with van der Waals surface area (Å²) in [5, 5.41) is 6.50. The summed E-state index contributed by atoms with van der Waals surface area (Å²) in [6.07, 6.45) is 2.11. The molecule has 1 aromatic heterocycles. The Morgan fingerprint density at radius 2 is 2.33 bits per heavy atom. The largest absolute Gasteiger partial charge is 0.334 e. The van der Waals surface area contributed by atoms with E-state index in [1.165, 1.54) is 0 Å². The fourth-order valence-electron chi connectivity index (χ4n) is 2.30. The van der Waals surface area contributed by atoms with Crippen LogP contribution in [0.15, 0.2) is 6.20 Å². The van der Waals surface area contributed by atoms with Crippen molar-refractivity contribution in [2.45, 2.75) is 26.3 Å². The summed E-state index contributed by atoms with van der Waals surface area (Å²) >= 11 is 0. The van der Waals surface area contributed by atoms with Gasteiger partial charge in [-0.05, 0) is 25.8 Å². The van der Waals surface area contributed by atoms with Crippen LogP contribution >= 0.6 is 0 Å². The molecule has 2 heterocycles. The Morgan fingerprint density at radius 1 is 1.61 bits per heavy atom. The molecule has 1 aliphatic rings. The lowest BCUT2D eigenvalue weighted by molar-refractivity contribution is 0.0701. The van der Waals surface area contributed by atoms with E-state index < -0.39 is 9.84 Å². The van der Waals surface area contributed by atoms with E-state index in [1.54, 1.807) is 18.0 Å². The van der Waals surface area contributed by atoms with Crippen molar-refractivity contribution < 1.29 is 13.2 Å². The number of aromatic nitrogens is 2. The monoisotopic (exact) mass is 271 g/mol. The number of H-pyrrole nitrogens is 1. The number of amides is 1. The van der Waals surface area contributed by atoms with Gasteiger partial charge < -0.3 is 4.90 Å². The molecule has 1 amide bonds. The summed E-state index contributed by atoms with van der Waals surface area (Å²) < 4.78 is 23.0. The molecule has 18 heavy (non-hydrogen) atoms. The Balaban J connectivity index is 2.20. The molecule has 1 fully saturated rings. The first-order valence-corrected chi connectivity index (χ1v) is 7.78. The predicted molar refractivity (Wildman–Crippen MR) is 67.1 cm³/mol. The van der Waals surface area contributed by atoms with Crippen molar-refractivity contribution in [1.82, 2.24) is 15.1 Å². The van der Waals surface area contributed by atoms with E-state index in [-0.39, 0.29) is 23.5 Å². The van der Waals surface area contributed by atoms with Gasteiger partial charge in [-0.1, -0.05) is 0 Å². The van der Waals surface area contributed by atoms with Gasteiger partial charge in [0, 0.05) is 12.6 Å². The van der Waals surface area contributed by atoms with Gasteiger partial charge in [0.1, 0.15) is 5.69 Å². The summed E-state index contributed by atoms with van der Waals surface area (Å²) in [6, 6.07) is -0.213. The number of sulfone groups is 1. The second-order valence-electron chi connectivity index (χ2n) is 4.58. The van der Waals surface area contributed by atoms with Gasteiger partial charge in [-0.15, -0.1) is 0 Å². The molecule has 0 bridgehead atoms. The van der Waals surface area contributed by atoms with Gasteiger partial charge in [0.25, 0.3) is 5.91 Å². The van der Waals surface area contributed by atoms with Gasteiger partial charge in [0.15, 0.2) is 9.84 Å². The molecule has 100 valence electrons. The van der Waals surface area contributed by atoms with Crippen LogP contribution in [0.25, 0.3) is 0 Å². The number of rotatable bonds is 3. The number of aryl methyl sites for hydroxylation is 1. The zero-order valence-corrected chi connectivity index (χ0v) is 11.3. The summed E-state index contributed by atoms with van der Waals surface area (Å²) in [6.45, 7) is 4.15. The van der Waals surface area contributed by atoms with Crippen LogP contribution in [0.1, 0.15) is 29.4 Å².